The van der Waals surface area contributed by atoms with Crippen LogP contribution >= 0.6 is 0 Å². The third-order valence-corrected chi connectivity index (χ3v) is 2.36. The van der Waals surface area contributed by atoms with Gasteiger partial charge in [-0.2, -0.15) is 13.2 Å². The van der Waals surface area contributed by atoms with Crippen LogP contribution in [-0.4, -0.2) is 4.98 Å². The van der Waals surface area contributed by atoms with Crippen LogP contribution in [0.5, 0.6) is 0 Å². The van der Waals surface area contributed by atoms with E-state index in [4.69, 9.17) is 0 Å². The fraction of sp³-hybridized carbons (Fsp3) is 0.0833. The van der Waals surface area contributed by atoms with Crippen LogP contribution in [0.4, 0.5) is 23.3 Å². The van der Waals surface area contributed by atoms with Crippen LogP contribution in [0.25, 0.3) is 11.3 Å². The molecule has 6 heteroatoms. The molecular formula is C12H8F4N2. The zero-order valence-corrected chi connectivity index (χ0v) is 9.00. The molecule has 0 spiro atoms. The summed E-state index contributed by atoms with van der Waals surface area (Å²) in [6.45, 7) is 0. The second-order valence-corrected chi connectivity index (χ2v) is 3.61. The minimum Gasteiger partial charge on any atom is -0.254 e. The summed E-state index contributed by atoms with van der Waals surface area (Å²) in [7, 11) is 0. The fourth-order valence-electron chi connectivity index (χ4n) is 1.48. The van der Waals surface area contributed by atoms with Crippen LogP contribution in [0, 0.1) is 0 Å². The van der Waals surface area contributed by atoms with Gasteiger partial charge in [-0.1, -0.05) is 12.1 Å². The summed E-state index contributed by atoms with van der Waals surface area (Å²) in [6.07, 6.45) is -3.19. The van der Waals surface area contributed by atoms with Crippen LogP contribution in [0.2, 0.25) is 0 Å². The molecular weight excluding hydrogens is 248 g/mol. The fourth-order valence-corrected chi connectivity index (χ4v) is 1.48. The highest BCUT2D eigenvalue weighted by Crippen LogP contribution is 2.31. The number of pyridine rings is 1. The molecule has 1 aromatic heterocycles. The van der Waals surface area contributed by atoms with Crippen LogP contribution in [0.1, 0.15) is 5.56 Å². The van der Waals surface area contributed by atoms with E-state index in [1.807, 2.05) is 0 Å². The molecule has 18 heavy (non-hydrogen) atoms. The van der Waals surface area contributed by atoms with E-state index in [-0.39, 0.29) is 5.69 Å². The molecule has 0 aliphatic rings. The van der Waals surface area contributed by atoms with Crippen molar-refractivity contribution in [1.82, 2.24) is 4.98 Å². The van der Waals surface area contributed by atoms with Gasteiger partial charge in [-0.15, -0.1) is 4.48 Å². The maximum absolute atomic E-state index is 12.5. The zero-order valence-electron chi connectivity index (χ0n) is 9.00. The number of benzene rings is 1. The summed E-state index contributed by atoms with van der Waals surface area (Å²) in [6, 6.07) is 7.65. The molecule has 0 saturated heterocycles. The van der Waals surface area contributed by atoms with Gasteiger partial charge < -0.3 is 0 Å². The Morgan fingerprint density at radius 3 is 2.39 bits per heavy atom. The molecule has 0 radical (unpaired) electrons. The number of alkyl halides is 3. The van der Waals surface area contributed by atoms with Crippen LogP contribution in [0.15, 0.2) is 42.6 Å². The smallest absolute Gasteiger partial charge is 0.254 e. The van der Waals surface area contributed by atoms with Gasteiger partial charge in [0, 0.05) is 5.56 Å². The van der Waals surface area contributed by atoms with Crippen molar-refractivity contribution in [3.05, 3.63) is 48.2 Å². The van der Waals surface area contributed by atoms with Crippen LogP contribution < -0.4 is 5.54 Å². The van der Waals surface area contributed by atoms with Gasteiger partial charge >= 0.3 is 6.18 Å². The Balaban J connectivity index is 2.38. The maximum atomic E-state index is 12.5. The Bertz CT molecular complexity index is 535. The number of hydrogen-bond donors (Lipinski definition) is 1. The van der Waals surface area contributed by atoms with Crippen molar-refractivity contribution >= 4 is 5.69 Å². The van der Waals surface area contributed by atoms with Crippen LogP contribution in [-0.2, 0) is 6.18 Å². The molecule has 1 heterocycles. The highest BCUT2D eigenvalue weighted by Gasteiger charge is 2.30. The Labute approximate surface area is 100 Å². The Morgan fingerprint density at radius 1 is 1.06 bits per heavy atom. The largest absolute Gasteiger partial charge is 0.416 e. The van der Waals surface area contributed by atoms with Crippen molar-refractivity contribution in [3.8, 4) is 11.3 Å². The lowest BCUT2D eigenvalue weighted by Crippen LogP contribution is -2.04. The molecule has 2 aromatic rings. The first-order valence-corrected chi connectivity index (χ1v) is 5.01. The average molecular weight is 256 g/mol. The molecule has 0 saturated carbocycles. The van der Waals surface area contributed by atoms with Crippen molar-refractivity contribution in [1.29, 1.82) is 0 Å². The molecule has 0 bridgehead atoms. The van der Waals surface area contributed by atoms with E-state index in [9.17, 15) is 17.7 Å². The molecule has 94 valence electrons. The van der Waals surface area contributed by atoms with Gasteiger partial charge in [0.2, 0.25) is 0 Å². The number of halogens is 4. The summed E-state index contributed by atoms with van der Waals surface area (Å²) in [4.78, 5) is 3.87. The molecule has 0 unspecified atom stereocenters. The summed E-state index contributed by atoms with van der Waals surface area (Å²) in [5.41, 5.74) is 1.48. The lowest BCUT2D eigenvalue weighted by Gasteiger charge is -2.08. The lowest BCUT2D eigenvalue weighted by molar-refractivity contribution is -0.137. The third kappa shape index (κ3) is 2.58. The predicted molar refractivity (Wildman–Crippen MR) is 59.4 cm³/mol. The molecule has 1 N–H and O–H groups in total. The molecule has 0 aliphatic heterocycles. The molecule has 0 atom stereocenters. The van der Waals surface area contributed by atoms with Crippen LogP contribution in [0.3, 0.4) is 0 Å². The monoisotopic (exact) mass is 256 g/mol. The number of hydrogen-bond acceptors (Lipinski definition) is 2. The van der Waals surface area contributed by atoms with Crippen molar-refractivity contribution < 1.29 is 17.7 Å². The summed E-state index contributed by atoms with van der Waals surface area (Å²) < 4.78 is 49.6. The molecule has 2 nitrogen and oxygen atoms in total. The van der Waals surface area contributed by atoms with Crippen molar-refractivity contribution in [2.24, 2.45) is 0 Å². The first kappa shape index (κ1) is 12.3. The van der Waals surface area contributed by atoms with Gasteiger partial charge in [0.25, 0.3) is 0 Å². The van der Waals surface area contributed by atoms with E-state index in [1.165, 1.54) is 36.0 Å². The molecule has 0 amide bonds. The average Bonchev–Trinajstić information content (AvgIpc) is 2.38. The zero-order chi connectivity index (χ0) is 13.2. The minimum atomic E-state index is -4.39. The Kier molecular flexibility index (Phi) is 3.18. The predicted octanol–water partition coefficient (Wildman–Crippen LogP) is 4.06. The molecule has 1 aromatic carbocycles. The number of nitrogens with zero attached hydrogens (tertiary/aromatic N) is 1. The topological polar surface area (TPSA) is 24.9 Å². The van der Waals surface area contributed by atoms with Gasteiger partial charge in [0.1, 0.15) is 0 Å². The number of anilines is 1. The van der Waals surface area contributed by atoms with E-state index in [1.54, 1.807) is 0 Å². The Hall–Kier alpha value is -2.11. The minimum absolute atomic E-state index is 0.144. The summed E-state index contributed by atoms with van der Waals surface area (Å²) >= 11 is 0. The van der Waals surface area contributed by atoms with E-state index in [0.717, 1.165) is 12.1 Å². The first-order chi connectivity index (χ1) is 8.50. The molecule has 0 aliphatic carbocycles. The first-order valence-electron chi connectivity index (χ1n) is 5.01. The second-order valence-electron chi connectivity index (χ2n) is 3.61. The quantitative estimate of drug-likeness (QED) is 0.647. The Morgan fingerprint density at radius 2 is 1.83 bits per heavy atom. The van der Waals surface area contributed by atoms with Gasteiger partial charge in [-0.05, 0) is 24.3 Å². The SMILES string of the molecule is FNc1ccc(-c2cccc(C(F)(F)F)c2)nc1. The van der Waals surface area contributed by atoms with Crippen molar-refractivity contribution in [2.45, 2.75) is 6.18 Å². The second kappa shape index (κ2) is 4.64. The third-order valence-electron chi connectivity index (χ3n) is 2.36. The van der Waals surface area contributed by atoms with Gasteiger partial charge in [-0.3, -0.25) is 4.98 Å². The van der Waals surface area contributed by atoms with Crippen molar-refractivity contribution in [2.75, 3.05) is 5.54 Å². The van der Waals surface area contributed by atoms with Crippen molar-refractivity contribution in [3.63, 3.8) is 0 Å². The maximum Gasteiger partial charge on any atom is 0.416 e. The highest BCUT2D eigenvalue weighted by molar-refractivity contribution is 5.61. The number of rotatable bonds is 2. The lowest BCUT2D eigenvalue weighted by atomic mass is 10.1. The van der Waals surface area contributed by atoms with E-state index in [2.05, 4.69) is 4.98 Å². The summed E-state index contributed by atoms with van der Waals surface area (Å²) in [5, 5.41) is 0. The molecule has 2 rings (SSSR count). The highest BCUT2D eigenvalue weighted by atomic mass is 19.4. The normalized spacial score (nSPS) is 11.3. The van der Waals surface area contributed by atoms with Gasteiger partial charge in [0.05, 0.1) is 23.1 Å². The van der Waals surface area contributed by atoms with E-state index < -0.39 is 11.7 Å². The van der Waals surface area contributed by atoms with Gasteiger partial charge in [0.15, 0.2) is 0 Å². The number of nitrogens with one attached hydrogen (secondary N) is 1. The van der Waals surface area contributed by atoms with E-state index >= 15 is 0 Å². The molecule has 0 fully saturated rings. The summed E-state index contributed by atoms with van der Waals surface area (Å²) in [5.74, 6) is 0. The van der Waals surface area contributed by atoms with Gasteiger partial charge in [-0.25, -0.2) is 5.54 Å². The number of aromatic nitrogens is 1. The standard InChI is InChI=1S/C12H8F4N2/c13-12(14,15)9-3-1-2-8(6-9)11-5-4-10(18-16)7-17-11/h1-7,18H. The van der Waals surface area contributed by atoms with E-state index in [0.29, 0.717) is 11.3 Å².